The van der Waals surface area contributed by atoms with Crippen LogP contribution in [0.4, 0.5) is 0 Å². The molecule has 0 saturated carbocycles. The van der Waals surface area contributed by atoms with Gasteiger partial charge in [0.1, 0.15) is 5.57 Å². The molecule has 0 fully saturated rings. The molecule has 0 heterocycles. The molecule has 0 aliphatic heterocycles. The molecule has 0 spiro atoms. The van der Waals surface area contributed by atoms with Crippen LogP contribution in [0.5, 0.6) is 0 Å². The molecule has 0 atom stereocenters. The van der Waals surface area contributed by atoms with Crippen LogP contribution in [-0.2, 0) is 19.1 Å². The van der Waals surface area contributed by atoms with E-state index in [9.17, 15) is 9.59 Å². The summed E-state index contributed by atoms with van der Waals surface area (Å²) < 4.78 is 9.92. The van der Waals surface area contributed by atoms with E-state index in [1.165, 1.54) is 57.4 Å². The number of unbranched alkanes of at least 4 members (excludes halogenated alkanes) is 9. The highest BCUT2D eigenvalue weighted by Gasteiger charge is 2.20. The number of ether oxygens (including phenoxy) is 2. The highest BCUT2D eigenvalue weighted by atomic mass is 16.6. The van der Waals surface area contributed by atoms with Crippen LogP contribution in [0.15, 0.2) is 29.8 Å². The molecular formula is C27H38O4. The second-order valence-corrected chi connectivity index (χ2v) is 7.50. The largest absolute Gasteiger partial charge is 0.462 e. The van der Waals surface area contributed by atoms with Crippen molar-refractivity contribution in [3.05, 3.63) is 41.0 Å². The highest BCUT2D eigenvalue weighted by Crippen LogP contribution is 2.13. The van der Waals surface area contributed by atoms with Gasteiger partial charge in [0.05, 0.1) is 13.2 Å². The molecule has 4 heteroatoms. The van der Waals surface area contributed by atoms with Crippen LogP contribution < -0.4 is 0 Å². The number of carbonyl (C=O) groups excluding carboxylic acids is 2. The van der Waals surface area contributed by atoms with Crippen LogP contribution in [0.2, 0.25) is 0 Å². The van der Waals surface area contributed by atoms with Crippen LogP contribution in [0, 0.1) is 11.8 Å². The Kier molecular flexibility index (Phi) is 14.7. The van der Waals surface area contributed by atoms with Crippen LogP contribution >= 0.6 is 0 Å². The van der Waals surface area contributed by atoms with E-state index in [2.05, 4.69) is 18.8 Å². The lowest BCUT2D eigenvalue weighted by atomic mass is 10.1. The molecule has 0 amide bonds. The van der Waals surface area contributed by atoms with Gasteiger partial charge in [-0.2, -0.15) is 0 Å². The minimum Gasteiger partial charge on any atom is -0.462 e. The van der Waals surface area contributed by atoms with Crippen molar-refractivity contribution in [3.63, 3.8) is 0 Å². The van der Waals surface area contributed by atoms with Crippen molar-refractivity contribution in [3.8, 4) is 11.8 Å². The number of hydrogen-bond acceptors (Lipinski definition) is 4. The molecule has 1 rings (SSSR count). The summed E-state index contributed by atoms with van der Waals surface area (Å²) in [5.74, 6) is 5.07. The molecule has 0 aromatic heterocycles. The quantitative estimate of drug-likeness (QED) is 0.0854. The minimum absolute atomic E-state index is 0.104. The maximum absolute atomic E-state index is 12.0. The Morgan fingerprint density at radius 3 is 1.81 bits per heavy atom. The first-order valence-corrected chi connectivity index (χ1v) is 11.8. The van der Waals surface area contributed by atoms with E-state index in [-0.39, 0.29) is 18.8 Å². The first kappa shape index (κ1) is 26.5. The molecule has 0 radical (unpaired) electrons. The standard InChI is InChI=1S/C27H38O4/c1-4-7-8-9-10-11-12-13-14-15-16-17-23-18-20-24(21-19-23)22-25(26(28)30-5-2)27(29)31-6-3/h18-22H,4-15H2,1-3H3. The minimum atomic E-state index is -0.675. The Morgan fingerprint density at radius 1 is 0.774 bits per heavy atom. The van der Waals surface area contributed by atoms with Gasteiger partial charge >= 0.3 is 11.9 Å². The zero-order chi connectivity index (χ0) is 22.7. The monoisotopic (exact) mass is 426 g/mol. The van der Waals surface area contributed by atoms with Gasteiger partial charge in [-0.15, -0.1) is 0 Å². The normalized spacial score (nSPS) is 10.0. The molecule has 0 bridgehead atoms. The summed E-state index contributed by atoms with van der Waals surface area (Å²) in [5, 5.41) is 0. The van der Waals surface area contributed by atoms with E-state index in [1.807, 2.05) is 24.3 Å². The van der Waals surface area contributed by atoms with Crippen molar-refractivity contribution < 1.29 is 19.1 Å². The number of carbonyl (C=O) groups is 2. The average molecular weight is 427 g/mol. The van der Waals surface area contributed by atoms with Crippen LogP contribution in [0.3, 0.4) is 0 Å². The predicted molar refractivity (Wildman–Crippen MR) is 126 cm³/mol. The third-order valence-electron chi connectivity index (χ3n) is 4.85. The third kappa shape index (κ3) is 12.0. The fourth-order valence-corrected chi connectivity index (χ4v) is 3.14. The summed E-state index contributed by atoms with van der Waals surface area (Å²) in [4.78, 5) is 24.1. The van der Waals surface area contributed by atoms with Crippen LogP contribution in [0.1, 0.15) is 96.1 Å². The second kappa shape index (κ2) is 17.2. The lowest BCUT2D eigenvalue weighted by molar-refractivity contribution is -0.146. The van der Waals surface area contributed by atoms with E-state index >= 15 is 0 Å². The fourth-order valence-electron chi connectivity index (χ4n) is 3.14. The summed E-state index contributed by atoms with van der Waals surface area (Å²) in [6, 6.07) is 7.45. The maximum Gasteiger partial charge on any atom is 0.345 e. The predicted octanol–water partition coefficient (Wildman–Crippen LogP) is 6.47. The Morgan fingerprint density at radius 2 is 1.29 bits per heavy atom. The zero-order valence-electron chi connectivity index (χ0n) is 19.5. The molecule has 31 heavy (non-hydrogen) atoms. The molecule has 0 aliphatic rings. The van der Waals surface area contributed by atoms with Crippen molar-refractivity contribution in [1.82, 2.24) is 0 Å². The van der Waals surface area contributed by atoms with Gasteiger partial charge in [-0.25, -0.2) is 9.59 Å². The van der Waals surface area contributed by atoms with Gasteiger partial charge in [0.15, 0.2) is 0 Å². The van der Waals surface area contributed by atoms with E-state index in [0.717, 1.165) is 24.0 Å². The molecule has 1 aromatic rings. The molecule has 170 valence electrons. The highest BCUT2D eigenvalue weighted by molar-refractivity contribution is 6.17. The first-order valence-electron chi connectivity index (χ1n) is 11.8. The molecule has 0 N–H and O–H groups in total. The smallest absolute Gasteiger partial charge is 0.345 e. The van der Waals surface area contributed by atoms with Crippen molar-refractivity contribution in [1.29, 1.82) is 0 Å². The zero-order valence-corrected chi connectivity index (χ0v) is 19.5. The summed E-state index contributed by atoms with van der Waals surface area (Å²) >= 11 is 0. The van der Waals surface area contributed by atoms with Gasteiger partial charge in [0.2, 0.25) is 0 Å². The van der Waals surface area contributed by atoms with Gasteiger partial charge in [0.25, 0.3) is 0 Å². The van der Waals surface area contributed by atoms with Gasteiger partial charge in [-0.1, -0.05) is 82.3 Å². The summed E-state index contributed by atoms with van der Waals surface area (Å²) in [6.07, 6.45) is 14.2. The topological polar surface area (TPSA) is 52.6 Å². The Balaban J connectivity index is 2.48. The van der Waals surface area contributed by atoms with Crippen molar-refractivity contribution >= 4 is 18.0 Å². The van der Waals surface area contributed by atoms with Crippen molar-refractivity contribution in [2.24, 2.45) is 0 Å². The molecule has 0 saturated heterocycles. The van der Waals surface area contributed by atoms with Crippen LogP contribution in [0.25, 0.3) is 6.08 Å². The molecule has 4 nitrogen and oxygen atoms in total. The van der Waals surface area contributed by atoms with Gasteiger partial charge in [0, 0.05) is 12.0 Å². The van der Waals surface area contributed by atoms with Crippen molar-refractivity contribution in [2.75, 3.05) is 13.2 Å². The van der Waals surface area contributed by atoms with E-state index in [1.54, 1.807) is 13.8 Å². The van der Waals surface area contributed by atoms with Gasteiger partial charge in [-0.05, 0) is 44.0 Å². The Hall–Kier alpha value is -2.54. The molecular weight excluding hydrogens is 388 g/mol. The Bertz CT molecular complexity index is 715. The molecule has 0 unspecified atom stereocenters. The number of rotatable bonds is 14. The first-order chi connectivity index (χ1) is 15.1. The number of esters is 2. The summed E-state index contributed by atoms with van der Waals surface area (Å²) in [5.41, 5.74) is 1.54. The second-order valence-electron chi connectivity index (χ2n) is 7.50. The van der Waals surface area contributed by atoms with Crippen molar-refractivity contribution in [2.45, 2.75) is 85.0 Å². The number of benzene rings is 1. The van der Waals surface area contributed by atoms with Gasteiger partial charge < -0.3 is 9.47 Å². The third-order valence-corrected chi connectivity index (χ3v) is 4.85. The molecule has 0 aliphatic carbocycles. The lowest BCUT2D eigenvalue weighted by Crippen LogP contribution is -2.18. The van der Waals surface area contributed by atoms with E-state index in [4.69, 9.17) is 9.47 Å². The Labute approximate surface area is 188 Å². The maximum atomic E-state index is 12.0. The fraction of sp³-hybridized carbons (Fsp3) is 0.556. The average Bonchev–Trinajstić information content (AvgIpc) is 2.77. The van der Waals surface area contributed by atoms with Crippen LogP contribution in [-0.4, -0.2) is 25.2 Å². The van der Waals surface area contributed by atoms with E-state index in [0.29, 0.717) is 0 Å². The van der Waals surface area contributed by atoms with Gasteiger partial charge in [-0.3, -0.25) is 0 Å². The SMILES string of the molecule is CCCCCCCCCCCC#Cc1ccc(C=C(C(=O)OCC)C(=O)OCC)cc1. The lowest BCUT2D eigenvalue weighted by Gasteiger charge is -2.06. The molecule has 1 aromatic carbocycles. The van der Waals surface area contributed by atoms with E-state index < -0.39 is 11.9 Å². The summed E-state index contributed by atoms with van der Waals surface area (Å²) in [7, 11) is 0. The summed E-state index contributed by atoms with van der Waals surface area (Å²) in [6.45, 7) is 6.04. The number of hydrogen-bond donors (Lipinski definition) is 0.